The van der Waals surface area contributed by atoms with Gasteiger partial charge in [0.2, 0.25) is 0 Å². The quantitative estimate of drug-likeness (QED) is 0.130. The molecule has 5 aliphatic carbocycles. The van der Waals surface area contributed by atoms with Gasteiger partial charge in [-0.2, -0.15) is 0 Å². The lowest BCUT2D eigenvalue weighted by Gasteiger charge is -2.71. The molecule has 6 fully saturated rings. The molecule has 0 aromatic carbocycles. The Labute approximate surface area is 255 Å². The van der Waals surface area contributed by atoms with Crippen molar-refractivity contribution in [2.24, 2.45) is 50.6 Å². The third kappa shape index (κ3) is 3.74. The van der Waals surface area contributed by atoms with Crippen molar-refractivity contribution < 1.29 is 34.9 Å². The van der Waals surface area contributed by atoms with E-state index in [4.69, 9.17) is 10.5 Å². The highest BCUT2D eigenvalue weighted by molar-refractivity contribution is 5.91. The van der Waals surface area contributed by atoms with Crippen LogP contribution in [0.4, 0.5) is 0 Å². The van der Waals surface area contributed by atoms with Crippen molar-refractivity contribution in [1.82, 2.24) is 5.32 Å². The van der Waals surface area contributed by atoms with Crippen LogP contribution >= 0.6 is 0 Å². The number of aliphatic carboxylic acids is 1. The predicted octanol–water partition coefficient (Wildman–Crippen LogP) is -0.880. The zero-order valence-electron chi connectivity index (χ0n) is 25.9. The Morgan fingerprint density at radius 1 is 1.19 bits per heavy atom. The number of aliphatic hydroxyl groups excluding tert-OH is 2. The van der Waals surface area contributed by atoms with Gasteiger partial charge in [-0.1, -0.05) is 12.5 Å². The number of carboxylic acids is 1. The van der Waals surface area contributed by atoms with Crippen LogP contribution in [-0.4, -0.2) is 91.0 Å². The number of nitrogens with zero attached hydrogens (tertiary/aromatic N) is 1. The van der Waals surface area contributed by atoms with E-state index in [-0.39, 0.29) is 46.9 Å². The molecule has 2 saturated heterocycles. The number of hydrogen-bond donors (Lipinski definition) is 6. The summed E-state index contributed by atoms with van der Waals surface area (Å²) < 4.78 is 6.75. The molecule has 2 heterocycles. The van der Waals surface area contributed by atoms with E-state index in [1.165, 1.54) is 4.90 Å². The fourth-order valence-corrected chi connectivity index (χ4v) is 12.9. The van der Waals surface area contributed by atoms with Gasteiger partial charge in [0.1, 0.15) is 5.60 Å². The molecule has 7 rings (SSSR count). The molecule has 7 N–H and O–H groups in total. The molecule has 10 nitrogen and oxygen atoms in total. The van der Waals surface area contributed by atoms with Crippen LogP contribution < -0.4 is 21.1 Å². The monoisotopic (exact) mass is 600 g/mol. The summed E-state index contributed by atoms with van der Waals surface area (Å²) in [6, 6.07) is 0. The number of aliphatic imine (C=N–C) groups is 1. The first kappa shape index (κ1) is 30.1. The topological polar surface area (TPSA) is 165 Å². The molecule has 2 bridgehead atoms. The first-order chi connectivity index (χ1) is 20.6. The van der Waals surface area contributed by atoms with Gasteiger partial charge in [0.05, 0.1) is 44.0 Å². The molecule has 0 aromatic heterocycles. The number of carboxylic acid groups (broad SMARTS) is 1. The first-order valence-electron chi connectivity index (χ1n) is 17.0. The van der Waals surface area contributed by atoms with Gasteiger partial charge in [0.15, 0.2) is 0 Å². The minimum atomic E-state index is -1.64. The summed E-state index contributed by atoms with van der Waals surface area (Å²) in [5, 5.41) is 50.3. The summed E-state index contributed by atoms with van der Waals surface area (Å²) in [5.41, 5.74) is 5.06. The summed E-state index contributed by atoms with van der Waals surface area (Å²) >= 11 is 0. The van der Waals surface area contributed by atoms with Crippen LogP contribution in [0, 0.1) is 39.9 Å². The second kappa shape index (κ2) is 10.5. The standard InChI is InChI=1S/C33H52N4O6/c1-19-3-6-21-15-23-27(28(40)41)33(42,26-8-5-20-4-7-22(39)16-24(20)43-26)25-9-10-30(17-36-12-14-38)11-13-37(29(34)35-2)18-31(21,30)32(19,23)25/h19-22,24-26,36,38-39,42H,3-18H2,1-2H3,(H2,34,35)(H,40,41)/t19-,20-,21-,22-,24-,25+,26+,30+,31-,32+,33+/m1/s1. The summed E-state index contributed by atoms with van der Waals surface area (Å²) in [6.07, 6.45) is 7.73. The third-order valence-electron chi connectivity index (χ3n) is 14.2. The van der Waals surface area contributed by atoms with E-state index in [9.17, 15) is 25.2 Å². The molecule has 1 unspecified atom stereocenters. The van der Waals surface area contributed by atoms with Gasteiger partial charge in [-0.25, -0.2) is 4.99 Å². The highest BCUT2D eigenvalue weighted by Gasteiger charge is 2.84. The Bertz CT molecular complexity index is 1210. The molecule has 0 radical (unpaired) electrons. The number of ether oxygens (including phenoxy) is 1. The molecule has 43 heavy (non-hydrogen) atoms. The molecular formula is C33H52N4O6. The number of carbonyl (C=O) groups is 1. The lowest BCUT2D eigenvalue weighted by atomic mass is 9.34. The van der Waals surface area contributed by atoms with E-state index in [0.717, 1.165) is 76.6 Å². The molecule has 2 aliphatic heterocycles. The van der Waals surface area contributed by atoms with Crippen molar-refractivity contribution in [1.29, 1.82) is 0 Å². The Morgan fingerprint density at radius 2 is 1.98 bits per heavy atom. The van der Waals surface area contributed by atoms with Gasteiger partial charge in [-0.3, -0.25) is 4.90 Å². The Morgan fingerprint density at radius 3 is 2.72 bits per heavy atom. The number of fused-ring (bicyclic) bond motifs is 1. The molecule has 10 heteroatoms. The molecular weight excluding hydrogens is 548 g/mol. The van der Waals surface area contributed by atoms with Crippen LogP contribution in [-0.2, 0) is 9.53 Å². The molecule has 4 saturated carbocycles. The average Bonchev–Trinajstić information content (AvgIpc) is 3.34. The third-order valence-corrected chi connectivity index (χ3v) is 14.2. The van der Waals surface area contributed by atoms with E-state index >= 15 is 0 Å². The SMILES string of the molecule is CN=C(N)[NH+]1CC[C@]2(CNCCO)CC[C@@H]3[C@](O)([C@@H]4CC[C@H]5CC[C@@H](O)C[C@H]5O4)C(C(=O)[O-])=C4C[C@H]5CC[C@@H](C)[C@]43[C@]52C1. The highest BCUT2D eigenvalue weighted by Crippen LogP contribution is 2.84. The summed E-state index contributed by atoms with van der Waals surface area (Å²) in [5.74, 6) is -0.138. The minimum absolute atomic E-state index is 0.0686. The maximum atomic E-state index is 13.4. The molecule has 2 spiro atoms. The number of nitrogens with two attached hydrogens (primary N) is 1. The second-order valence-corrected chi connectivity index (χ2v) is 15.3. The number of hydrogen-bond acceptors (Lipinski definition) is 8. The van der Waals surface area contributed by atoms with Gasteiger partial charge in [-0.05, 0) is 82.0 Å². The summed E-state index contributed by atoms with van der Waals surface area (Å²) in [4.78, 5) is 19.0. The average molecular weight is 601 g/mol. The van der Waals surface area contributed by atoms with Gasteiger partial charge >= 0.3 is 0 Å². The van der Waals surface area contributed by atoms with E-state index < -0.39 is 29.2 Å². The maximum Gasteiger partial charge on any atom is 0.293 e. The molecule has 240 valence electrons. The van der Waals surface area contributed by atoms with Gasteiger partial charge < -0.3 is 41.0 Å². The van der Waals surface area contributed by atoms with Crippen LogP contribution in [0.25, 0.3) is 0 Å². The molecule has 7 aliphatic rings. The summed E-state index contributed by atoms with van der Waals surface area (Å²) in [7, 11) is 1.74. The number of piperidine rings is 1. The molecule has 0 amide bonds. The van der Waals surface area contributed by atoms with Crippen LogP contribution in [0.5, 0.6) is 0 Å². The van der Waals surface area contributed by atoms with Crippen molar-refractivity contribution in [2.75, 3.05) is 39.8 Å². The Kier molecular flexibility index (Phi) is 7.35. The van der Waals surface area contributed by atoms with Crippen molar-refractivity contribution in [3.05, 3.63) is 11.1 Å². The van der Waals surface area contributed by atoms with Crippen molar-refractivity contribution in [3.63, 3.8) is 0 Å². The fraction of sp³-hybridized carbons (Fsp3) is 0.879. The Hall–Kier alpha value is -1.56. The van der Waals surface area contributed by atoms with E-state index in [1.807, 2.05) is 0 Å². The maximum absolute atomic E-state index is 13.4. The number of quaternary nitrogens is 1. The zero-order valence-corrected chi connectivity index (χ0v) is 25.9. The Balaban J connectivity index is 1.40. The number of carbonyl (C=O) groups excluding carboxylic acids is 1. The van der Waals surface area contributed by atoms with Crippen LogP contribution in [0.3, 0.4) is 0 Å². The molecule has 0 aromatic rings. The van der Waals surface area contributed by atoms with Crippen molar-refractivity contribution in [3.8, 4) is 0 Å². The van der Waals surface area contributed by atoms with Crippen LogP contribution in [0.1, 0.15) is 77.6 Å². The van der Waals surface area contributed by atoms with E-state index in [0.29, 0.717) is 37.7 Å². The van der Waals surface area contributed by atoms with Crippen LogP contribution in [0.2, 0.25) is 0 Å². The lowest BCUT2D eigenvalue weighted by Crippen LogP contribution is -3.19. The number of likely N-dealkylation sites (tertiary alicyclic amines) is 1. The lowest BCUT2D eigenvalue weighted by molar-refractivity contribution is -0.832. The normalized spacial score (nSPS) is 50.7. The van der Waals surface area contributed by atoms with Gasteiger partial charge in [-0.15, -0.1) is 0 Å². The number of nitrogens with one attached hydrogen (secondary N) is 2. The van der Waals surface area contributed by atoms with Gasteiger partial charge in [0, 0.05) is 54.3 Å². The predicted molar refractivity (Wildman–Crippen MR) is 158 cm³/mol. The van der Waals surface area contributed by atoms with Gasteiger partial charge in [0.25, 0.3) is 5.96 Å². The summed E-state index contributed by atoms with van der Waals surface area (Å²) in [6.45, 7) is 5.28. The fourth-order valence-electron chi connectivity index (χ4n) is 12.9. The second-order valence-electron chi connectivity index (χ2n) is 15.3. The zero-order chi connectivity index (χ0) is 30.4. The smallest absolute Gasteiger partial charge is 0.293 e. The number of guanidine groups is 1. The minimum Gasteiger partial charge on any atom is -0.545 e. The molecule has 12 atom stereocenters. The van der Waals surface area contributed by atoms with Crippen molar-refractivity contribution in [2.45, 2.75) is 101 Å². The van der Waals surface area contributed by atoms with E-state index in [1.54, 1.807) is 7.05 Å². The highest BCUT2D eigenvalue weighted by atomic mass is 16.5. The number of aliphatic hydroxyl groups is 3. The first-order valence-corrected chi connectivity index (χ1v) is 17.0. The largest absolute Gasteiger partial charge is 0.545 e. The number of rotatable bonds is 6. The van der Waals surface area contributed by atoms with Crippen molar-refractivity contribution >= 4 is 11.9 Å². The van der Waals surface area contributed by atoms with Crippen LogP contribution in [0.15, 0.2) is 16.1 Å². The van der Waals surface area contributed by atoms with E-state index in [2.05, 4.69) is 17.2 Å². The number of allylic oxidation sites excluding steroid dienone is 1.